The van der Waals surface area contributed by atoms with Gasteiger partial charge in [0.2, 0.25) is 0 Å². The van der Waals surface area contributed by atoms with Gasteiger partial charge in [0.25, 0.3) is 0 Å². The van der Waals surface area contributed by atoms with Crippen molar-refractivity contribution in [2.75, 3.05) is 0 Å². The van der Waals surface area contributed by atoms with Crippen molar-refractivity contribution in [2.24, 2.45) is 0 Å². The Morgan fingerprint density at radius 3 is 2.27 bits per heavy atom. The third kappa shape index (κ3) is 6.34. The first-order chi connectivity index (χ1) is 4.57. The van der Waals surface area contributed by atoms with Crippen molar-refractivity contribution < 1.29 is 49.0 Å². The Labute approximate surface area is 87.2 Å². The van der Waals surface area contributed by atoms with Gasteiger partial charge in [-0.05, 0) is 6.92 Å². The van der Waals surface area contributed by atoms with E-state index in [4.69, 9.17) is 0 Å². The predicted octanol–water partition coefficient (Wildman–Crippen LogP) is -3.92. The molecule has 0 heterocycles. The number of hydrogen-bond acceptors (Lipinski definition) is 4. The number of carboxylic acid groups (broad SMARTS) is 1. The Hall–Kier alpha value is -0.0600. The van der Waals surface area contributed by atoms with Gasteiger partial charge < -0.3 is 14.6 Å². The topological polar surface area (TPSA) is 66.4 Å². The third-order valence-corrected chi connectivity index (χ3v) is 0.929. The van der Waals surface area contributed by atoms with Crippen LogP contribution in [0.5, 0.6) is 0 Å². The van der Waals surface area contributed by atoms with Gasteiger partial charge in [0, 0.05) is 6.42 Å². The first-order valence-corrected chi connectivity index (χ1v) is 2.98. The van der Waals surface area contributed by atoms with Crippen LogP contribution in [-0.2, 0) is 14.3 Å². The van der Waals surface area contributed by atoms with Crippen LogP contribution in [-0.4, -0.2) is 18.0 Å². The Bertz CT molecular complexity index is 146. The van der Waals surface area contributed by atoms with Gasteiger partial charge in [0.1, 0.15) is 6.10 Å². The fraction of sp³-hybridized carbons (Fsp3) is 0.667. The number of ether oxygens (including phenoxy) is 1. The minimum Gasteiger partial charge on any atom is -0.546 e. The number of aliphatic carboxylic acids is 1. The predicted molar refractivity (Wildman–Crippen MR) is 30.9 cm³/mol. The van der Waals surface area contributed by atoms with Crippen molar-refractivity contribution in [3.05, 3.63) is 0 Å². The van der Waals surface area contributed by atoms with Crippen LogP contribution in [0.15, 0.2) is 0 Å². The minimum atomic E-state index is -1.37. The molecule has 0 amide bonds. The van der Waals surface area contributed by atoms with Crippen LogP contribution in [0.1, 0.15) is 20.3 Å². The Morgan fingerprint density at radius 1 is 1.55 bits per heavy atom. The van der Waals surface area contributed by atoms with Gasteiger partial charge in [-0.25, -0.2) is 0 Å². The van der Waals surface area contributed by atoms with Crippen LogP contribution >= 0.6 is 0 Å². The van der Waals surface area contributed by atoms with E-state index in [0.29, 0.717) is 0 Å². The zero-order valence-electron chi connectivity index (χ0n) is 6.92. The van der Waals surface area contributed by atoms with Crippen molar-refractivity contribution in [3.8, 4) is 0 Å². The summed E-state index contributed by atoms with van der Waals surface area (Å²) in [5.41, 5.74) is 0. The summed E-state index contributed by atoms with van der Waals surface area (Å²) >= 11 is 0. The van der Waals surface area contributed by atoms with Crippen LogP contribution in [0.3, 0.4) is 0 Å². The minimum absolute atomic E-state index is 0. The average Bonchev–Trinajstić information content (AvgIpc) is 1.87. The monoisotopic (exact) mass is 168 g/mol. The summed E-state index contributed by atoms with van der Waals surface area (Å²) in [5, 5.41) is 9.96. The van der Waals surface area contributed by atoms with E-state index in [1.165, 1.54) is 6.92 Å². The molecule has 0 aliphatic rings. The molecular weight excluding hydrogens is 159 g/mol. The van der Waals surface area contributed by atoms with E-state index in [9.17, 15) is 14.7 Å². The van der Waals surface area contributed by atoms with Crippen LogP contribution in [0.2, 0.25) is 0 Å². The average molecular weight is 168 g/mol. The number of esters is 1. The van der Waals surface area contributed by atoms with Crippen LogP contribution in [0.4, 0.5) is 0 Å². The summed E-state index contributed by atoms with van der Waals surface area (Å²) in [7, 11) is 0. The summed E-state index contributed by atoms with van der Waals surface area (Å²) in [4.78, 5) is 20.4. The quantitative estimate of drug-likeness (QED) is 0.319. The van der Waals surface area contributed by atoms with E-state index >= 15 is 0 Å². The molecule has 58 valence electrons. The number of hydrogen-bond donors (Lipinski definition) is 0. The van der Waals surface area contributed by atoms with Gasteiger partial charge in [-0.15, -0.1) is 0 Å². The van der Waals surface area contributed by atoms with Crippen LogP contribution < -0.4 is 34.7 Å². The molecule has 0 N–H and O–H groups in total. The zero-order chi connectivity index (χ0) is 8.15. The molecule has 0 spiro atoms. The van der Waals surface area contributed by atoms with Crippen molar-refractivity contribution in [2.45, 2.75) is 26.4 Å². The molecule has 0 bridgehead atoms. The molecule has 0 aliphatic carbocycles. The molecule has 11 heavy (non-hydrogen) atoms. The second-order valence-corrected chi connectivity index (χ2v) is 1.80. The molecule has 0 aromatic carbocycles. The second-order valence-electron chi connectivity index (χ2n) is 1.80. The number of carbonyl (C=O) groups excluding carboxylic acids is 2. The van der Waals surface area contributed by atoms with Gasteiger partial charge in [-0.2, -0.15) is 0 Å². The number of rotatable bonds is 3. The fourth-order valence-corrected chi connectivity index (χ4v) is 0.329. The Kier molecular flexibility index (Phi) is 8.16. The Morgan fingerprint density at radius 2 is 2.00 bits per heavy atom. The van der Waals surface area contributed by atoms with Crippen LogP contribution in [0.25, 0.3) is 0 Å². The zero-order valence-corrected chi connectivity index (χ0v) is 8.92. The molecule has 0 fully saturated rings. The largest absolute Gasteiger partial charge is 1.00 e. The summed E-state index contributed by atoms with van der Waals surface area (Å²) in [6.07, 6.45) is -0.968. The van der Waals surface area contributed by atoms with Crippen molar-refractivity contribution in [1.82, 2.24) is 0 Å². The molecule has 0 rings (SSSR count). The van der Waals surface area contributed by atoms with E-state index in [-0.39, 0.29) is 36.0 Å². The smallest absolute Gasteiger partial charge is 0.546 e. The molecule has 4 nitrogen and oxygen atoms in total. The standard InChI is InChI=1S/C6H10O4.Na/c1-3-5(7)10-4(2)6(8)9;/h4H,3H2,1-2H3,(H,8,9);/q;+1/p-1. The molecule has 0 aromatic rings. The normalized spacial score (nSPS) is 11.1. The summed E-state index contributed by atoms with van der Waals surface area (Å²) in [6.45, 7) is 2.84. The van der Waals surface area contributed by atoms with Crippen molar-refractivity contribution in [1.29, 1.82) is 0 Å². The molecule has 0 aliphatic heterocycles. The van der Waals surface area contributed by atoms with Gasteiger partial charge in [0.05, 0.1) is 5.97 Å². The molecule has 0 radical (unpaired) electrons. The maximum absolute atomic E-state index is 10.4. The third-order valence-electron chi connectivity index (χ3n) is 0.929. The number of carbonyl (C=O) groups is 2. The van der Waals surface area contributed by atoms with Gasteiger partial charge in [-0.1, -0.05) is 6.92 Å². The molecular formula is C6H9NaO4. The van der Waals surface area contributed by atoms with Crippen molar-refractivity contribution >= 4 is 11.9 Å². The van der Waals surface area contributed by atoms with Gasteiger partial charge in [0.15, 0.2) is 0 Å². The van der Waals surface area contributed by atoms with Crippen molar-refractivity contribution in [3.63, 3.8) is 0 Å². The molecule has 1 unspecified atom stereocenters. The maximum atomic E-state index is 10.4. The van der Waals surface area contributed by atoms with E-state index in [0.717, 1.165) is 0 Å². The molecule has 0 aromatic heterocycles. The van der Waals surface area contributed by atoms with E-state index in [2.05, 4.69) is 4.74 Å². The maximum Gasteiger partial charge on any atom is 1.00 e. The fourth-order valence-electron chi connectivity index (χ4n) is 0.329. The van der Waals surface area contributed by atoms with Gasteiger partial charge in [-0.3, -0.25) is 4.79 Å². The molecule has 1 atom stereocenters. The molecule has 5 heteroatoms. The van der Waals surface area contributed by atoms with E-state index < -0.39 is 18.0 Å². The summed E-state index contributed by atoms with van der Waals surface area (Å²) in [5.74, 6) is -1.90. The molecule has 0 saturated heterocycles. The molecule has 0 saturated carbocycles. The van der Waals surface area contributed by atoms with E-state index in [1.54, 1.807) is 6.92 Å². The van der Waals surface area contributed by atoms with Gasteiger partial charge >= 0.3 is 35.5 Å². The second kappa shape index (κ2) is 6.64. The summed E-state index contributed by atoms with van der Waals surface area (Å²) < 4.78 is 4.36. The first-order valence-electron chi connectivity index (χ1n) is 2.98. The Balaban J connectivity index is 0. The SMILES string of the molecule is CCC(=O)OC(C)C(=O)[O-].[Na+]. The van der Waals surface area contributed by atoms with E-state index in [1.807, 2.05) is 0 Å². The van der Waals surface area contributed by atoms with Crippen LogP contribution in [0, 0.1) is 0 Å². The summed E-state index contributed by atoms with van der Waals surface area (Å²) in [6, 6.07) is 0. The first kappa shape index (κ1) is 13.5. The number of carboxylic acids is 1.